The number of hydrogen-bond acceptors (Lipinski definition) is 4. The zero-order chi connectivity index (χ0) is 26.6. The van der Waals surface area contributed by atoms with E-state index in [9.17, 15) is 14.4 Å². The topological polar surface area (TPSA) is 75.7 Å². The molecule has 6 nitrogen and oxygen atoms in total. The largest absolute Gasteiger partial charge is 0.479 e. The molecule has 4 saturated carbocycles. The first kappa shape index (κ1) is 25.9. The lowest BCUT2D eigenvalue weighted by Crippen LogP contribution is -2.54. The molecule has 1 N–H and O–H groups in total. The summed E-state index contributed by atoms with van der Waals surface area (Å²) in [4.78, 5) is 40.0. The first-order valence-electron chi connectivity index (χ1n) is 12.8. The Morgan fingerprint density at radius 3 is 2.13 bits per heavy atom. The van der Waals surface area contributed by atoms with Crippen LogP contribution in [0.25, 0.3) is 6.08 Å². The predicted molar refractivity (Wildman–Crippen MR) is 161 cm³/mol. The maximum Gasteiger partial charge on any atom is 0.335 e. The molecule has 38 heavy (non-hydrogen) atoms. The number of carbonyl (C=O) groups is 3. The maximum absolute atomic E-state index is 13.5. The zero-order valence-electron chi connectivity index (χ0n) is 20.6. The monoisotopic (exact) mass is 732 g/mol. The van der Waals surface area contributed by atoms with Crippen LogP contribution in [-0.4, -0.2) is 24.5 Å². The number of urea groups is 1. The van der Waals surface area contributed by atoms with Crippen LogP contribution in [0, 0.1) is 37.2 Å². The number of hydrogen-bond donors (Lipinski definition) is 1. The van der Waals surface area contributed by atoms with Gasteiger partial charge >= 0.3 is 6.03 Å². The van der Waals surface area contributed by atoms with Gasteiger partial charge < -0.3 is 4.74 Å². The number of halogens is 2. The molecule has 2 aromatic rings. The number of barbiturate groups is 1. The lowest BCUT2D eigenvalue weighted by atomic mass is 9.48. The molecule has 4 amide bonds. The second-order valence-electron chi connectivity index (χ2n) is 11.0. The molecule has 5 aliphatic rings. The Hall–Kier alpha value is -2.39. The number of anilines is 1. The van der Waals surface area contributed by atoms with E-state index in [2.05, 4.69) is 68.6 Å². The van der Waals surface area contributed by atoms with Crippen LogP contribution in [0.5, 0.6) is 5.75 Å². The number of carbonyl (C=O) groups excluding carboxylic acids is 3. The second kappa shape index (κ2) is 9.97. The van der Waals surface area contributed by atoms with E-state index in [1.54, 1.807) is 0 Å². The lowest BCUT2D eigenvalue weighted by molar-refractivity contribution is -0.122. The molecule has 0 atom stereocenters. The standard InChI is InChI=1S/C30H26I2N2O4/c1-2-7-38-26-24(31)12-17(13-25(26)32)11-23-27(35)33-29(37)34(28(23)36)22-5-3-21(4-6-22)30-14-18-8-19(15-30)10-20(9-18)16-30/h1,3-6,11-13,18-20H,7-10,14-16H2,(H,33,35,37)/b23-11+. The minimum atomic E-state index is -0.734. The molecule has 0 unspecified atom stereocenters. The van der Waals surface area contributed by atoms with Gasteiger partial charge in [0, 0.05) is 0 Å². The highest BCUT2D eigenvalue weighted by Crippen LogP contribution is 2.60. The number of nitrogens with one attached hydrogen (secondary N) is 1. The number of rotatable bonds is 5. The molecule has 1 saturated heterocycles. The van der Waals surface area contributed by atoms with Gasteiger partial charge in [-0.1, -0.05) is 18.1 Å². The maximum atomic E-state index is 13.5. The van der Waals surface area contributed by atoms with Crippen molar-refractivity contribution in [3.63, 3.8) is 0 Å². The van der Waals surface area contributed by atoms with Crippen LogP contribution in [-0.2, 0) is 15.0 Å². The highest BCUT2D eigenvalue weighted by molar-refractivity contribution is 14.1. The van der Waals surface area contributed by atoms with E-state index in [4.69, 9.17) is 11.2 Å². The first-order valence-corrected chi connectivity index (χ1v) is 15.0. The molecule has 8 heteroatoms. The van der Waals surface area contributed by atoms with Gasteiger partial charge in [0.2, 0.25) is 0 Å². The smallest absolute Gasteiger partial charge is 0.335 e. The van der Waals surface area contributed by atoms with Crippen molar-refractivity contribution in [1.29, 1.82) is 0 Å². The molecule has 194 valence electrons. The SMILES string of the molecule is C#CCOc1c(I)cc(/C=C2\C(=O)NC(=O)N(c3ccc(C45CC6CC(CC(C6)C4)C5)cc3)C2=O)cc1I. The summed E-state index contributed by atoms with van der Waals surface area (Å²) in [6, 6.07) is 10.8. The van der Waals surface area contributed by atoms with Crippen molar-refractivity contribution in [2.75, 3.05) is 11.5 Å². The van der Waals surface area contributed by atoms with E-state index in [1.807, 2.05) is 24.3 Å². The van der Waals surface area contributed by atoms with Gasteiger partial charge in [-0.15, -0.1) is 6.42 Å². The van der Waals surface area contributed by atoms with Gasteiger partial charge in [0.15, 0.2) is 0 Å². The molecular formula is C30H26I2N2O4. The van der Waals surface area contributed by atoms with Crippen LogP contribution in [0.3, 0.4) is 0 Å². The minimum absolute atomic E-state index is 0.0985. The van der Waals surface area contributed by atoms with Gasteiger partial charge in [-0.05, 0) is 148 Å². The Morgan fingerprint density at radius 2 is 1.58 bits per heavy atom. The van der Waals surface area contributed by atoms with Crippen molar-refractivity contribution >= 4 is 74.8 Å². The van der Waals surface area contributed by atoms with Gasteiger partial charge in [-0.2, -0.15) is 0 Å². The summed E-state index contributed by atoms with van der Waals surface area (Å²) in [6.07, 6.45) is 14.7. The summed E-state index contributed by atoms with van der Waals surface area (Å²) in [7, 11) is 0. The molecule has 0 radical (unpaired) electrons. The van der Waals surface area contributed by atoms with Crippen molar-refractivity contribution in [3.8, 4) is 18.1 Å². The van der Waals surface area contributed by atoms with Crippen LogP contribution in [0.15, 0.2) is 42.0 Å². The number of benzene rings is 2. The second-order valence-corrected chi connectivity index (χ2v) is 13.3. The van der Waals surface area contributed by atoms with Crippen LogP contribution in [0.4, 0.5) is 10.5 Å². The van der Waals surface area contributed by atoms with Gasteiger partial charge in [0.25, 0.3) is 11.8 Å². The number of ether oxygens (including phenoxy) is 1. The summed E-state index contributed by atoms with van der Waals surface area (Å²) in [5.74, 6) is 4.25. The third-order valence-electron chi connectivity index (χ3n) is 8.51. The highest BCUT2D eigenvalue weighted by Gasteiger charge is 2.51. The molecule has 5 fully saturated rings. The van der Waals surface area contributed by atoms with Crippen LogP contribution in [0.1, 0.15) is 49.7 Å². The van der Waals surface area contributed by atoms with Crippen molar-refractivity contribution in [2.45, 2.75) is 43.9 Å². The number of terminal acetylenes is 1. The molecule has 2 aromatic carbocycles. The number of imide groups is 2. The van der Waals surface area contributed by atoms with E-state index in [1.165, 1.54) is 50.2 Å². The molecule has 4 aliphatic carbocycles. The van der Waals surface area contributed by atoms with Crippen molar-refractivity contribution in [3.05, 3.63) is 60.2 Å². The summed E-state index contributed by atoms with van der Waals surface area (Å²) in [6.45, 7) is 0.145. The molecular weight excluding hydrogens is 706 g/mol. The molecule has 0 aromatic heterocycles. The normalized spacial score (nSPS) is 29.0. The van der Waals surface area contributed by atoms with E-state index in [0.717, 1.165) is 29.8 Å². The number of nitrogens with zero attached hydrogens (tertiary/aromatic N) is 1. The van der Waals surface area contributed by atoms with E-state index in [-0.39, 0.29) is 17.6 Å². The minimum Gasteiger partial charge on any atom is -0.479 e. The van der Waals surface area contributed by atoms with Gasteiger partial charge in [-0.25, -0.2) is 9.69 Å². The van der Waals surface area contributed by atoms with Crippen molar-refractivity contribution in [1.82, 2.24) is 5.32 Å². The van der Waals surface area contributed by atoms with Crippen LogP contribution < -0.4 is 15.0 Å². The summed E-state index contributed by atoms with van der Waals surface area (Å²) in [5.41, 5.74) is 2.55. The fourth-order valence-corrected chi connectivity index (χ4v) is 9.53. The molecule has 1 aliphatic heterocycles. The van der Waals surface area contributed by atoms with Gasteiger partial charge in [0.05, 0.1) is 12.8 Å². The molecule has 1 heterocycles. The first-order chi connectivity index (χ1) is 18.3. The lowest BCUT2D eigenvalue weighted by Gasteiger charge is -2.57. The van der Waals surface area contributed by atoms with E-state index >= 15 is 0 Å². The molecule has 0 spiro atoms. The van der Waals surface area contributed by atoms with E-state index in [0.29, 0.717) is 17.0 Å². The zero-order valence-corrected chi connectivity index (χ0v) is 25.0. The molecule has 7 rings (SSSR count). The molecule has 4 bridgehead atoms. The Kier molecular flexibility index (Phi) is 6.79. The fraction of sp³-hybridized carbons (Fsp3) is 0.367. The summed E-state index contributed by atoms with van der Waals surface area (Å²) >= 11 is 4.26. The van der Waals surface area contributed by atoms with Crippen molar-refractivity contribution in [2.24, 2.45) is 17.8 Å². The Bertz CT molecular complexity index is 1360. The van der Waals surface area contributed by atoms with E-state index < -0.39 is 17.8 Å². The number of amides is 4. The van der Waals surface area contributed by atoms with Crippen molar-refractivity contribution < 1.29 is 19.1 Å². The average molecular weight is 732 g/mol. The van der Waals surface area contributed by atoms with Crippen LogP contribution in [0.2, 0.25) is 0 Å². The Balaban J connectivity index is 1.27. The summed E-state index contributed by atoms with van der Waals surface area (Å²) < 4.78 is 7.21. The summed E-state index contributed by atoms with van der Waals surface area (Å²) in [5, 5.41) is 2.33. The predicted octanol–water partition coefficient (Wildman–Crippen LogP) is 6.04. The highest BCUT2D eigenvalue weighted by atomic mass is 127. The fourth-order valence-electron chi connectivity index (χ4n) is 7.40. The van der Waals surface area contributed by atoms with Gasteiger partial charge in [-0.3, -0.25) is 14.9 Å². The Morgan fingerprint density at radius 1 is 1.00 bits per heavy atom. The van der Waals surface area contributed by atoms with Crippen LogP contribution >= 0.6 is 45.2 Å². The average Bonchev–Trinajstić information content (AvgIpc) is 2.85. The third-order valence-corrected chi connectivity index (χ3v) is 10.1. The quantitative estimate of drug-likeness (QED) is 0.176. The Labute approximate surface area is 249 Å². The van der Waals surface area contributed by atoms with Gasteiger partial charge in [0.1, 0.15) is 17.9 Å². The third kappa shape index (κ3) is 4.55.